The maximum Gasteiger partial charge on any atom is 0.273 e. The Morgan fingerprint density at radius 1 is 1.32 bits per heavy atom. The molecule has 2 N–H and O–H groups in total. The molecule has 3 rings (SSSR count). The van der Waals surface area contributed by atoms with Gasteiger partial charge in [0.05, 0.1) is 30.3 Å². The number of methoxy groups -OCH3 is 1. The molecule has 1 heterocycles. The van der Waals surface area contributed by atoms with Crippen LogP contribution in [0.15, 0.2) is 54.9 Å². The molecule has 1 amide bonds. The molecule has 0 saturated heterocycles. The van der Waals surface area contributed by atoms with E-state index in [-0.39, 0.29) is 23.7 Å². The summed E-state index contributed by atoms with van der Waals surface area (Å²) in [6.45, 7) is -0.138. The zero-order valence-electron chi connectivity index (χ0n) is 14.8. The van der Waals surface area contributed by atoms with Crippen LogP contribution >= 0.6 is 0 Å². The van der Waals surface area contributed by atoms with Crippen LogP contribution in [0.1, 0.15) is 0 Å². The number of carbonyl (C=O) groups is 1. The van der Waals surface area contributed by atoms with E-state index in [9.17, 15) is 19.3 Å². The van der Waals surface area contributed by atoms with Gasteiger partial charge in [0, 0.05) is 24.1 Å². The van der Waals surface area contributed by atoms with Gasteiger partial charge in [0.25, 0.3) is 5.69 Å². The lowest BCUT2D eigenvalue weighted by atomic mass is 10.2. The fourth-order valence-electron chi connectivity index (χ4n) is 2.49. The van der Waals surface area contributed by atoms with Crippen LogP contribution < -0.4 is 15.4 Å². The number of amides is 1. The number of aromatic nitrogens is 2. The molecule has 0 atom stereocenters. The number of nitrogens with zero attached hydrogens (tertiary/aromatic N) is 3. The van der Waals surface area contributed by atoms with Gasteiger partial charge in [-0.1, -0.05) is 0 Å². The number of ether oxygens (including phenoxy) is 1. The highest BCUT2D eigenvalue weighted by atomic mass is 19.1. The first-order valence-electron chi connectivity index (χ1n) is 8.13. The summed E-state index contributed by atoms with van der Waals surface area (Å²) < 4.78 is 20.7. The van der Waals surface area contributed by atoms with Gasteiger partial charge in [-0.2, -0.15) is 5.10 Å². The van der Waals surface area contributed by atoms with Crippen LogP contribution in [0.2, 0.25) is 0 Å². The van der Waals surface area contributed by atoms with Crippen LogP contribution in [-0.2, 0) is 4.79 Å². The molecule has 0 saturated carbocycles. The van der Waals surface area contributed by atoms with E-state index < -0.39 is 16.6 Å². The molecular weight excluding hydrogens is 369 g/mol. The van der Waals surface area contributed by atoms with Gasteiger partial charge in [0.1, 0.15) is 11.4 Å². The fraction of sp³-hybridized carbons (Fsp3) is 0.111. The van der Waals surface area contributed by atoms with Gasteiger partial charge in [0.15, 0.2) is 5.82 Å². The molecule has 0 aliphatic heterocycles. The van der Waals surface area contributed by atoms with Crippen molar-refractivity contribution in [3.63, 3.8) is 0 Å². The Morgan fingerprint density at radius 2 is 2.14 bits per heavy atom. The van der Waals surface area contributed by atoms with Crippen molar-refractivity contribution in [2.45, 2.75) is 0 Å². The normalized spacial score (nSPS) is 10.4. The summed E-state index contributed by atoms with van der Waals surface area (Å²) >= 11 is 0. The van der Waals surface area contributed by atoms with Crippen molar-refractivity contribution in [1.29, 1.82) is 0 Å². The molecule has 10 heteroatoms. The first-order chi connectivity index (χ1) is 13.5. The molecule has 2 aromatic carbocycles. The van der Waals surface area contributed by atoms with Crippen LogP contribution in [-0.4, -0.2) is 34.3 Å². The molecule has 0 aliphatic carbocycles. The van der Waals surface area contributed by atoms with Gasteiger partial charge in [-0.05, 0) is 30.3 Å². The second-order valence-corrected chi connectivity index (χ2v) is 5.66. The third-order valence-corrected chi connectivity index (χ3v) is 3.82. The number of hydrogen-bond acceptors (Lipinski definition) is 6. The monoisotopic (exact) mass is 385 g/mol. The van der Waals surface area contributed by atoms with Crippen molar-refractivity contribution >= 4 is 23.0 Å². The standard InChI is InChI=1S/C18H16FN5O4/c1-28-17-10-13(24(26)27)4-5-15(17)22-18(25)11-20-12-3-6-16(14(19)9-12)23-8-2-7-21-23/h2-10,20H,11H2,1H3,(H,22,25). The third kappa shape index (κ3) is 4.23. The number of benzene rings is 2. The minimum atomic E-state index is -0.558. The number of non-ortho nitro benzene ring substituents is 1. The summed E-state index contributed by atoms with van der Waals surface area (Å²) in [5.41, 5.74) is 0.843. The number of nitrogens with one attached hydrogen (secondary N) is 2. The molecule has 0 radical (unpaired) electrons. The van der Waals surface area contributed by atoms with Crippen LogP contribution in [0.5, 0.6) is 5.75 Å². The highest BCUT2D eigenvalue weighted by molar-refractivity contribution is 5.95. The summed E-state index contributed by atoms with van der Waals surface area (Å²) in [6.07, 6.45) is 3.17. The predicted octanol–water partition coefficient (Wildman–Crippen LogP) is 2.98. The molecular formula is C18H16FN5O4. The predicted molar refractivity (Wildman–Crippen MR) is 100 cm³/mol. The van der Waals surface area contributed by atoms with Gasteiger partial charge in [-0.3, -0.25) is 14.9 Å². The molecule has 3 aromatic rings. The summed E-state index contributed by atoms with van der Waals surface area (Å²) in [7, 11) is 1.34. The molecule has 0 unspecified atom stereocenters. The molecule has 1 aromatic heterocycles. The minimum Gasteiger partial charge on any atom is -0.494 e. The Labute approximate surface area is 158 Å². The Balaban J connectivity index is 1.63. The van der Waals surface area contributed by atoms with E-state index in [0.717, 1.165) is 0 Å². The van der Waals surface area contributed by atoms with Crippen molar-refractivity contribution in [3.8, 4) is 11.4 Å². The minimum absolute atomic E-state index is 0.138. The van der Waals surface area contributed by atoms with E-state index in [1.807, 2.05) is 0 Å². The van der Waals surface area contributed by atoms with E-state index in [1.54, 1.807) is 30.6 Å². The second-order valence-electron chi connectivity index (χ2n) is 5.66. The smallest absolute Gasteiger partial charge is 0.273 e. The molecule has 144 valence electrons. The Bertz CT molecular complexity index is 1010. The summed E-state index contributed by atoms with van der Waals surface area (Å²) in [5, 5.41) is 20.2. The van der Waals surface area contributed by atoms with E-state index in [4.69, 9.17) is 4.74 Å². The summed E-state index contributed by atoms with van der Waals surface area (Å²) in [4.78, 5) is 22.4. The topological polar surface area (TPSA) is 111 Å². The third-order valence-electron chi connectivity index (χ3n) is 3.82. The zero-order chi connectivity index (χ0) is 20.1. The highest BCUT2D eigenvalue weighted by Crippen LogP contribution is 2.29. The first kappa shape index (κ1) is 18.8. The van der Waals surface area contributed by atoms with Crippen molar-refractivity contribution in [2.75, 3.05) is 24.3 Å². The zero-order valence-corrected chi connectivity index (χ0v) is 14.8. The SMILES string of the molecule is COc1cc([N+](=O)[O-])ccc1NC(=O)CNc1ccc(-n2cccn2)c(F)c1. The van der Waals surface area contributed by atoms with Crippen LogP contribution in [0.25, 0.3) is 5.69 Å². The number of anilines is 2. The van der Waals surface area contributed by atoms with Crippen LogP contribution in [0.3, 0.4) is 0 Å². The van der Waals surface area contributed by atoms with Crippen molar-refractivity contribution in [1.82, 2.24) is 9.78 Å². The number of nitro benzene ring substituents is 1. The van der Waals surface area contributed by atoms with Crippen LogP contribution in [0, 0.1) is 15.9 Å². The number of nitro groups is 1. The Kier molecular flexibility index (Phi) is 5.49. The lowest BCUT2D eigenvalue weighted by molar-refractivity contribution is -0.384. The van der Waals surface area contributed by atoms with Gasteiger partial charge in [-0.15, -0.1) is 0 Å². The molecule has 0 fully saturated rings. The maximum atomic E-state index is 14.2. The second kappa shape index (κ2) is 8.16. The van der Waals surface area contributed by atoms with Gasteiger partial charge >= 0.3 is 0 Å². The first-order valence-corrected chi connectivity index (χ1v) is 8.13. The highest BCUT2D eigenvalue weighted by Gasteiger charge is 2.13. The average molecular weight is 385 g/mol. The lowest BCUT2D eigenvalue weighted by Gasteiger charge is -2.12. The average Bonchev–Trinajstić information content (AvgIpc) is 3.21. The number of rotatable bonds is 7. The Hall–Kier alpha value is -3.95. The summed E-state index contributed by atoms with van der Waals surface area (Å²) in [5.74, 6) is -0.757. The lowest BCUT2D eigenvalue weighted by Crippen LogP contribution is -2.22. The van der Waals surface area contributed by atoms with Crippen molar-refractivity contribution < 1.29 is 18.8 Å². The number of hydrogen-bond donors (Lipinski definition) is 2. The summed E-state index contributed by atoms with van der Waals surface area (Å²) in [6, 6.07) is 9.97. The van der Waals surface area contributed by atoms with E-state index in [0.29, 0.717) is 11.4 Å². The Morgan fingerprint density at radius 3 is 2.79 bits per heavy atom. The van der Waals surface area contributed by atoms with Gasteiger partial charge in [-0.25, -0.2) is 9.07 Å². The molecule has 0 spiro atoms. The van der Waals surface area contributed by atoms with Crippen LogP contribution in [0.4, 0.5) is 21.5 Å². The molecule has 0 bridgehead atoms. The van der Waals surface area contributed by atoms with Crippen molar-refractivity contribution in [2.24, 2.45) is 0 Å². The van der Waals surface area contributed by atoms with E-state index in [1.165, 1.54) is 36.1 Å². The quantitative estimate of drug-likeness (QED) is 0.478. The molecule has 28 heavy (non-hydrogen) atoms. The number of halogens is 1. The fourth-order valence-corrected chi connectivity index (χ4v) is 2.49. The van der Waals surface area contributed by atoms with Crippen molar-refractivity contribution in [3.05, 3.63) is 70.8 Å². The van der Waals surface area contributed by atoms with E-state index >= 15 is 0 Å². The molecule has 9 nitrogen and oxygen atoms in total. The number of carbonyl (C=O) groups excluding carboxylic acids is 1. The molecule has 0 aliphatic rings. The van der Waals surface area contributed by atoms with Gasteiger partial charge < -0.3 is 15.4 Å². The maximum absolute atomic E-state index is 14.2. The van der Waals surface area contributed by atoms with Gasteiger partial charge in [0.2, 0.25) is 5.91 Å². The van der Waals surface area contributed by atoms with E-state index in [2.05, 4.69) is 15.7 Å². The largest absolute Gasteiger partial charge is 0.494 e.